The lowest BCUT2D eigenvalue weighted by Gasteiger charge is -2.21. The first-order valence-corrected chi connectivity index (χ1v) is 46.4. The molecule has 0 heterocycles. The highest BCUT2D eigenvalue weighted by Gasteiger charge is 2.29. The molecule has 0 spiro atoms. The standard InChI is InChI=1S/C95H154O16P2/c1-4-7-10-13-16-19-22-25-28-31-34-37-38-39-40-41-42-43-44-45-46-47-48-49-50-53-55-57-60-63-66-69-72-75-78-81-93(98)105-84-90(96)85-107-112(101,102)108-86-91(97)87-109-113(103,104)110-89-92(111-95(100)83-80-77-74-71-68-65-62-59-56-52-36-33-30-27-24-21-18-15-12-9-6-3)88-106-94(99)82-79-76-73-70-67-64-61-58-54-51-35-32-29-26-23-20-17-14-11-8-5-2/h7-12,16-21,25-30,34-37,39-40,42-43,51-52,58-59,61-62,67,70,90-92,96-97H,4-6,13-15,22-24,31-33,38,41,44-50,53-57,60,63-66,68-69,71-89H2,1-3H3,(H,101,102)(H,103,104)/b10-7-,11-8-,12-9-,19-16-,20-17-,21-18-,28-25-,29-26-,30-27-,37-34-,40-39-,43-42-,51-35-,52-36-,61-58-,62-59-,70-67-. The van der Waals surface area contributed by atoms with E-state index in [0.29, 0.717) is 19.3 Å². The van der Waals surface area contributed by atoms with Crippen LogP contribution in [0.3, 0.4) is 0 Å². The Morgan fingerprint density at radius 2 is 0.442 bits per heavy atom. The maximum atomic E-state index is 13.0. The molecule has 0 aliphatic heterocycles. The van der Waals surface area contributed by atoms with E-state index in [9.17, 15) is 43.5 Å². The first kappa shape index (κ1) is 107. The second-order valence-electron chi connectivity index (χ2n) is 28.2. The number of ether oxygens (including phenoxy) is 3. The van der Waals surface area contributed by atoms with Crippen molar-refractivity contribution in [1.29, 1.82) is 0 Å². The second-order valence-corrected chi connectivity index (χ2v) is 31.1. The van der Waals surface area contributed by atoms with Crippen LogP contribution in [0.25, 0.3) is 0 Å². The van der Waals surface area contributed by atoms with Crippen LogP contribution in [0.1, 0.15) is 316 Å². The lowest BCUT2D eigenvalue weighted by Crippen LogP contribution is -2.30. The molecule has 113 heavy (non-hydrogen) atoms. The molecule has 0 aliphatic carbocycles. The van der Waals surface area contributed by atoms with Crippen molar-refractivity contribution in [3.05, 3.63) is 207 Å². The number of carbonyl (C=O) groups excluding carboxylic acids is 3. The molecule has 0 fully saturated rings. The Morgan fingerprint density at radius 3 is 0.717 bits per heavy atom. The van der Waals surface area contributed by atoms with E-state index in [1.807, 2.05) is 0 Å². The van der Waals surface area contributed by atoms with E-state index in [1.165, 1.54) is 83.5 Å². The molecule has 0 radical (unpaired) electrons. The maximum Gasteiger partial charge on any atom is 0.472 e. The Morgan fingerprint density at radius 1 is 0.248 bits per heavy atom. The van der Waals surface area contributed by atoms with Crippen LogP contribution in [0.5, 0.6) is 0 Å². The largest absolute Gasteiger partial charge is 0.472 e. The molecule has 0 aromatic rings. The number of rotatable bonds is 80. The molecule has 0 aromatic carbocycles. The van der Waals surface area contributed by atoms with Gasteiger partial charge in [-0.1, -0.05) is 337 Å². The van der Waals surface area contributed by atoms with Crippen LogP contribution in [-0.2, 0) is 55.8 Å². The maximum absolute atomic E-state index is 13.0. The molecule has 0 amide bonds. The minimum Gasteiger partial charge on any atom is -0.463 e. The average molecular weight is 1610 g/mol. The number of phosphoric acid groups is 2. The highest BCUT2D eigenvalue weighted by molar-refractivity contribution is 7.47. The Labute approximate surface area is 686 Å². The van der Waals surface area contributed by atoms with Gasteiger partial charge in [0.05, 0.1) is 26.4 Å². The van der Waals surface area contributed by atoms with Crippen LogP contribution in [-0.4, -0.2) is 95.9 Å². The second kappa shape index (κ2) is 85.5. The highest BCUT2D eigenvalue weighted by Crippen LogP contribution is 2.45. The predicted molar refractivity (Wildman–Crippen MR) is 472 cm³/mol. The molecule has 16 nitrogen and oxygen atoms in total. The zero-order chi connectivity index (χ0) is 82.2. The summed E-state index contributed by atoms with van der Waals surface area (Å²) in [6.07, 6.45) is 115. The minimum atomic E-state index is -4.96. The fourth-order valence-corrected chi connectivity index (χ4v) is 12.6. The third-order valence-corrected chi connectivity index (χ3v) is 19.4. The summed E-state index contributed by atoms with van der Waals surface area (Å²) in [5.41, 5.74) is 0. The van der Waals surface area contributed by atoms with Crippen molar-refractivity contribution in [2.45, 2.75) is 334 Å². The van der Waals surface area contributed by atoms with Crippen molar-refractivity contribution in [3.63, 3.8) is 0 Å². The van der Waals surface area contributed by atoms with Crippen molar-refractivity contribution >= 4 is 33.6 Å². The Kier molecular flexibility index (Phi) is 81.1. The lowest BCUT2D eigenvalue weighted by atomic mass is 10.0. The van der Waals surface area contributed by atoms with E-state index in [2.05, 4.69) is 227 Å². The zero-order valence-corrected chi connectivity index (χ0v) is 72.0. The van der Waals surface area contributed by atoms with E-state index in [-0.39, 0.29) is 19.3 Å². The van der Waals surface area contributed by atoms with Crippen LogP contribution in [0.15, 0.2) is 207 Å². The number of esters is 3. The molecular weight excluding hydrogens is 1460 g/mol. The number of hydrogen-bond acceptors (Lipinski definition) is 14. The van der Waals surface area contributed by atoms with Crippen molar-refractivity contribution < 1.29 is 75.8 Å². The first-order chi connectivity index (χ1) is 55.2. The van der Waals surface area contributed by atoms with Crippen LogP contribution in [0.4, 0.5) is 0 Å². The van der Waals surface area contributed by atoms with Gasteiger partial charge < -0.3 is 34.2 Å². The normalized spacial score (nSPS) is 14.9. The van der Waals surface area contributed by atoms with Gasteiger partial charge in [-0.15, -0.1) is 0 Å². The van der Waals surface area contributed by atoms with Gasteiger partial charge in [0, 0.05) is 19.3 Å². The summed E-state index contributed by atoms with van der Waals surface area (Å²) in [7, 11) is -9.83. The van der Waals surface area contributed by atoms with Gasteiger partial charge in [-0.2, -0.15) is 0 Å². The summed E-state index contributed by atoms with van der Waals surface area (Å²) in [6, 6.07) is 0. The molecule has 0 saturated carbocycles. The van der Waals surface area contributed by atoms with Crippen LogP contribution in [0, 0.1) is 0 Å². The third kappa shape index (κ3) is 86.8. The number of hydrogen-bond donors (Lipinski definition) is 4. The van der Waals surface area contributed by atoms with Gasteiger partial charge in [-0.3, -0.25) is 32.5 Å². The highest BCUT2D eigenvalue weighted by atomic mass is 31.2. The van der Waals surface area contributed by atoms with Gasteiger partial charge in [0.25, 0.3) is 0 Å². The molecule has 0 saturated heterocycles. The fourth-order valence-electron chi connectivity index (χ4n) is 11.0. The van der Waals surface area contributed by atoms with Gasteiger partial charge in [0.2, 0.25) is 0 Å². The average Bonchev–Trinajstić information content (AvgIpc) is 0.899. The van der Waals surface area contributed by atoms with E-state index in [4.69, 9.17) is 32.3 Å². The van der Waals surface area contributed by atoms with Gasteiger partial charge in [0.15, 0.2) is 6.10 Å². The molecule has 0 bridgehead atoms. The van der Waals surface area contributed by atoms with E-state index in [1.54, 1.807) is 0 Å². The zero-order valence-electron chi connectivity index (χ0n) is 70.2. The minimum absolute atomic E-state index is 0.0645. The summed E-state index contributed by atoms with van der Waals surface area (Å²) in [5.74, 6) is -1.66. The van der Waals surface area contributed by atoms with Gasteiger partial charge >= 0.3 is 33.6 Å². The quantitative estimate of drug-likeness (QED) is 0.0146. The molecule has 0 rings (SSSR count). The van der Waals surface area contributed by atoms with Crippen molar-refractivity contribution in [2.24, 2.45) is 0 Å². The number of phosphoric ester groups is 2. The summed E-state index contributed by atoms with van der Waals surface area (Å²) in [6.45, 7) is 2.26. The Hall–Kier alpha value is -5.87. The summed E-state index contributed by atoms with van der Waals surface area (Å²) >= 11 is 0. The number of aliphatic hydroxyl groups is 2. The molecule has 5 unspecified atom stereocenters. The third-order valence-electron chi connectivity index (χ3n) is 17.5. The Balaban J connectivity index is 4.58. The van der Waals surface area contributed by atoms with E-state index >= 15 is 0 Å². The smallest absolute Gasteiger partial charge is 0.463 e. The Bertz CT molecular complexity index is 2880. The summed E-state index contributed by atoms with van der Waals surface area (Å²) in [5, 5.41) is 20.7. The predicted octanol–water partition coefficient (Wildman–Crippen LogP) is 26.4. The molecular formula is C95H154O16P2. The molecule has 640 valence electrons. The molecule has 0 aromatic heterocycles. The SMILES string of the molecule is CC/C=C\C/C=C\C/C=C\C/C=C\C/C=C\C/C=C\CCCCCCCCCCCCCCCCCCC(=O)OCC(O)COP(=O)(O)OCC(O)COP(=O)(O)OCC(COC(=O)CCCC/C=C\C/C=C\C/C=C\C/C=C\C/C=C\C/C=C\CC)OC(=O)CCCCCCC/C=C\C/C=C\C/C=C\C/C=C\C/C=C\CC. The van der Waals surface area contributed by atoms with Gasteiger partial charge in [-0.05, 0) is 167 Å². The van der Waals surface area contributed by atoms with Crippen molar-refractivity contribution in [2.75, 3.05) is 39.6 Å². The summed E-state index contributed by atoms with van der Waals surface area (Å²) in [4.78, 5) is 58.8. The first-order valence-electron chi connectivity index (χ1n) is 43.4. The van der Waals surface area contributed by atoms with Gasteiger partial charge in [-0.25, -0.2) is 9.13 Å². The van der Waals surface area contributed by atoms with E-state index < -0.39 is 91.5 Å². The molecule has 4 N–H and O–H groups in total. The monoisotopic (exact) mass is 1610 g/mol. The van der Waals surface area contributed by atoms with Crippen LogP contribution in [0.2, 0.25) is 0 Å². The number of allylic oxidation sites excluding steroid dienone is 34. The van der Waals surface area contributed by atoms with Crippen molar-refractivity contribution in [1.82, 2.24) is 0 Å². The molecule has 18 heteroatoms. The van der Waals surface area contributed by atoms with E-state index in [0.717, 1.165) is 173 Å². The molecule has 5 atom stereocenters. The number of unbranched alkanes of at least 4 members (excludes halogenated alkanes) is 23. The van der Waals surface area contributed by atoms with Crippen molar-refractivity contribution in [3.8, 4) is 0 Å². The number of aliphatic hydroxyl groups excluding tert-OH is 2. The fraction of sp³-hybridized carbons (Fsp3) is 0.611. The summed E-state index contributed by atoms with van der Waals surface area (Å²) < 4.78 is 61.3. The van der Waals surface area contributed by atoms with Crippen LogP contribution >= 0.6 is 15.6 Å². The molecule has 0 aliphatic rings. The van der Waals surface area contributed by atoms with Gasteiger partial charge in [0.1, 0.15) is 25.4 Å². The number of carbonyl (C=O) groups is 3. The topological polar surface area (TPSA) is 231 Å². The lowest BCUT2D eigenvalue weighted by molar-refractivity contribution is -0.161. The van der Waals surface area contributed by atoms with Crippen LogP contribution < -0.4 is 0 Å².